The van der Waals surface area contributed by atoms with Crippen LogP contribution in [0.25, 0.3) is 22.2 Å². The number of nitrogens with zero attached hydrogens (tertiary/aromatic N) is 1. The number of rotatable bonds is 2. The van der Waals surface area contributed by atoms with E-state index in [1.54, 1.807) is 19.1 Å². The Hall–Kier alpha value is -2.39. The molecule has 1 heterocycles. The molecule has 3 aromatic rings. The van der Waals surface area contributed by atoms with E-state index in [1.807, 2.05) is 37.3 Å². The molecule has 0 aliphatic carbocycles. The molecule has 0 aliphatic heterocycles. The van der Waals surface area contributed by atoms with E-state index in [-0.39, 0.29) is 5.56 Å². The number of halogens is 1. The summed E-state index contributed by atoms with van der Waals surface area (Å²) >= 11 is 6.17. The Labute approximate surface area is 133 Å². The van der Waals surface area contributed by atoms with Crippen LogP contribution in [0, 0.1) is 13.8 Å². The zero-order valence-electron chi connectivity index (χ0n) is 12.2. The lowest BCUT2D eigenvalue weighted by Gasteiger charge is -2.14. The van der Waals surface area contributed by atoms with Gasteiger partial charge in [-0.25, -0.2) is 9.78 Å². The number of fused-ring (bicyclic) bond motifs is 1. The van der Waals surface area contributed by atoms with E-state index in [0.29, 0.717) is 27.2 Å². The number of hydrogen-bond donors (Lipinski definition) is 1. The number of carbonyl (C=O) groups is 1. The van der Waals surface area contributed by atoms with Gasteiger partial charge in [0.05, 0.1) is 16.8 Å². The Balaban J connectivity index is 2.47. The smallest absolute Gasteiger partial charge is 0.336 e. The minimum atomic E-state index is -0.955. The van der Waals surface area contributed by atoms with Gasteiger partial charge < -0.3 is 5.11 Å². The fourth-order valence-corrected chi connectivity index (χ4v) is 2.84. The first-order chi connectivity index (χ1) is 10.5. The molecule has 1 N–H and O–H groups in total. The molecule has 0 bridgehead atoms. The first-order valence-corrected chi connectivity index (χ1v) is 7.26. The van der Waals surface area contributed by atoms with Crippen molar-refractivity contribution in [3.8, 4) is 11.3 Å². The summed E-state index contributed by atoms with van der Waals surface area (Å²) in [5, 5.41) is 10.8. The predicted molar refractivity (Wildman–Crippen MR) is 88.6 cm³/mol. The van der Waals surface area contributed by atoms with Crippen molar-refractivity contribution in [2.45, 2.75) is 13.8 Å². The Morgan fingerprint density at radius 3 is 2.36 bits per heavy atom. The van der Waals surface area contributed by atoms with Crippen molar-refractivity contribution in [2.75, 3.05) is 0 Å². The summed E-state index contributed by atoms with van der Waals surface area (Å²) in [5.74, 6) is -0.955. The lowest BCUT2D eigenvalue weighted by Crippen LogP contribution is -2.05. The highest BCUT2D eigenvalue weighted by Crippen LogP contribution is 2.33. The van der Waals surface area contributed by atoms with Gasteiger partial charge in [0, 0.05) is 16.0 Å². The summed E-state index contributed by atoms with van der Waals surface area (Å²) in [6.07, 6.45) is 0. The van der Waals surface area contributed by atoms with Gasteiger partial charge in [-0.2, -0.15) is 0 Å². The molecule has 0 aliphatic rings. The van der Waals surface area contributed by atoms with Crippen LogP contribution >= 0.6 is 11.6 Å². The molecule has 0 fully saturated rings. The van der Waals surface area contributed by atoms with Gasteiger partial charge in [-0.1, -0.05) is 48.0 Å². The topological polar surface area (TPSA) is 50.2 Å². The number of aromatic nitrogens is 1. The number of aromatic carboxylic acids is 1. The van der Waals surface area contributed by atoms with Crippen LogP contribution in [-0.2, 0) is 0 Å². The maximum absolute atomic E-state index is 11.8. The number of carboxylic acids is 1. The van der Waals surface area contributed by atoms with Gasteiger partial charge in [0.25, 0.3) is 0 Å². The fraction of sp³-hybridized carbons (Fsp3) is 0.111. The second-order valence-electron chi connectivity index (χ2n) is 5.20. The Morgan fingerprint density at radius 2 is 1.73 bits per heavy atom. The predicted octanol–water partition coefficient (Wildman–Crippen LogP) is 4.87. The van der Waals surface area contributed by atoms with Crippen LogP contribution in [-0.4, -0.2) is 16.1 Å². The monoisotopic (exact) mass is 311 g/mol. The maximum Gasteiger partial charge on any atom is 0.336 e. The molecule has 0 saturated heterocycles. The van der Waals surface area contributed by atoms with E-state index in [4.69, 9.17) is 16.6 Å². The number of hydrogen-bond acceptors (Lipinski definition) is 2. The highest BCUT2D eigenvalue weighted by molar-refractivity contribution is 6.32. The summed E-state index contributed by atoms with van der Waals surface area (Å²) in [6.45, 7) is 3.65. The molecule has 4 heteroatoms. The van der Waals surface area contributed by atoms with E-state index in [1.165, 1.54) is 0 Å². The van der Waals surface area contributed by atoms with E-state index >= 15 is 0 Å². The number of aryl methyl sites for hydroxylation is 1. The molecule has 22 heavy (non-hydrogen) atoms. The van der Waals surface area contributed by atoms with Crippen LogP contribution in [0.4, 0.5) is 0 Å². The third-order valence-corrected chi connectivity index (χ3v) is 4.26. The molecule has 0 spiro atoms. The fourth-order valence-electron chi connectivity index (χ4n) is 2.69. The van der Waals surface area contributed by atoms with E-state index in [9.17, 15) is 9.90 Å². The van der Waals surface area contributed by atoms with Crippen LogP contribution in [0.1, 0.15) is 21.5 Å². The molecule has 3 nitrogen and oxygen atoms in total. The Kier molecular flexibility index (Phi) is 3.59. The van der Waals surface area contributed by atoms with Gasteiger partial charge in [-0.15, -0.1) is 0 Å². The van der Waals surface area contributed by atoms with Crippen molar-refractivity contribution in [1.29, 1.82) is 0 Å². The maximum atomic E-state index is 11.8. The van der Waals surface area contributed by atoms with Crippen molar-refractivity contribution >= 4 is 28.5 Å². The van der Waals surface area contributed by atoms with Crippen LogP contribution in [0.5, 0.6) is 0 Å². The Bertz CT molecular complexity index is 889. The molecule has 0 unspecified atom stereocenters. The summed E-state index contributed by atoms with van der Waals surface area (Å²) in [4.78, 5) is 16.5. The van der Waals surface area contributed by atoms with Gasteiger partial charge >= 0.3 is 5.97 Å². The van der Waals surface area contributed by atoms with Gasteiger partial charge in [-0.05, 0) is 31.0 Å². The van der Waals surface area contributed by atoms with Crippen LogP contribution in [0.3, 0.4) is 0 Å². The normalized spacial score (nSPS) is 10.9. The molecule has 0 amide bonds. The highest BCUT2D eigenvalue weighted by atomic mass is 35.5. The molecular formula is C18H14ClNO2. The van der Waals surface area contributed by atoms with Crippen LogP contribution in [0.15, 0.2) is 42.5 Å². The third kappa shape index (κ3) is 2.24. The molecule has 110 valence electrons. The summed E-state index contributed by atoms with van der Waals surface area (Å²) < 4.78 is 0. The molecule has 1 aromatic heterocycles. The average Bonchev–Trinajstić information content (AvgIpc) is 2.51. The molecule has 0 saturated carbocycles. The van der Waals surface area contributed by atoms with E-state index in [0.717, 1.165) is 11.1 Å². The van der Waals surface area contributed by atoms with E-state index in [2.05, 4.69) is 0 Å². The summed E-state index contributed by atoms with van der Waals surface area (Å²) in [7, 11) is 0. The average molecular weight is 312 g/mol. The minimum absolute atomic E-state index is 0.281. The molecule has 0 radical (unpaired) electrons. The largest absolute Gasteiger partial charge is 0.478 e. The van der Waals surface area contributed by atoms with Gasteiger partial charge in [-0.3, -0.25) is 0 Å². The van der Waals surface area contributed by atoms with Crippen molar-refractivity contribution < 1.29 is 9.90 Å². The number of carboxylic acid groups (broad SMARTS) is 1. The van der Waals surface area contributed by atoms with Gasteiger partial charge in [0.15, 0.2) is 0 Å². The van der Waals surface area contributed by atoms with Crippen LogP contribution in [0.2, 0.25) is 5.02 Å². The van der Waals surface area contributed by atoms with Crippen LogP contribution < -0.4 is 0 Å². The standard InChI is InChI=1S/C18H14ClNO2/c1-10-14(19)9-8-13-15(18(21)22)11(2)16(20-17(10)13)12-6-4-3-5-7-12/h3-9H,1-2H3,(H,21,22). The summed E-state index contributed by atoms with van der Waals surface area (Å²) in [5.41, 5.74) is 3.93. The van der Waals surface area contributed by atoms with Gasteiger partial charge in [0.2, 0.25) is 0 Å². The SMILES string of the molecule is Cc1c(-c2ccccc2)nc2c(C)c(Cl)ccc2c1C(=O)O. The molecule has 0 atom stereocenters. The van der Waals surface area contributed by atoms with Crippen molar-refractivity contribution in [3.05, 3.63) is 64.2 Å². The first kappa shape index (κ1) is 14.5. The van der Waals surface area contributed by atoms with Crippen molar-refractivity contribution in [2.24, 2.45) is 0 Å². The van der Waals surface area contributed by atoms with E-state index < -0.39 is 5.97 Å². The highest BCUT2D eigenvalue weighted by Gasteiger charge is 2.19. The Morgan fingerprint density at radius 1 is 1.05 bits per heavy atom. The summed E-state index contributed by atoms with van der Waals surface area (Å²) in [6, 6.07) is 13.0. The first-order valence-electron chi connectivity index (χ1n) is 6.89. The van der Waals surface area contributed by atoms with Crippen molar-refractivity contribution in [3.63, 3.8) is 0 Å². The lowest BCUT2D eigenvalue weighted by molar-refractivity contribution is 0.0698. The lowest BCUT2D eigenvalue weighted by atomic mass is 9.96. The van der Waals surface area contributed by atoms with Gasteiger partial charge in [0.1, 0.15) is 0 Å². The zero-order valence-corrected chi connectivity index (χ0v) is 13.0. The second-order valence-corrected chi connectivity index (χ2v) is 5.61. The second kappa shape index (κ2) is 5.43. The third-order valence-electron chi connectivity index (χ3n) is 3.85. The number of pyridine rings is 1. The minimum Gasteiger partial charge on any atom is -0.478 e. The molecule has 2 aromatic carbocycles. The zero-order chi connectivity index (χ0) is 15.9. The molecule has 3 rings (SSSR count). The quantitative estimate of drug-likeness (QED) is 0.734. The molecular weight excluding hydrogens is 298 g/mol. The number of benzene rings is 2. The van der Waals surface area contributed by atoms with Crippen molar-refractivity contribution in [1.82, 2.24) is 4.98 Å².